The molecule has 0 aliphatic carbocycles. The maximum absolute atomic E-state index is 5.43. The van der Waals surface area contributed by atoms with Gasteiger partial charge >= 0.3 is 0 Å². The normalized spacial score (nSPS) is 11.0. The summed E-state index contributed by atoms with van der Waals surface area (Å²) in [5.41, 5.74) is 5.80. The van der Waals surface area contributed by atoms with E-state index in [1.54, 1.807) is 6.92 Å². The molecular formula is C16H18N4O. The number of rotatable bonds is 4. The lowest BCUT2D eigenvalue weighted by atomic mass is 10.0. The topological polar surface area (TPSA) is 67.6 Å². The lowest BCUT2D eigenvalue weighted by molar-refractivity contribution is 0.533. The van der Waals surface area contributed by atoms with Gasteiger partial charge in [0.15, 0.2) is 0 Å². The average molecular weight is 282 g/mol. The minimum absolute atomic E-state index is 0.570. The van der Waals surface area contributed by atoms with Gasteiger partial charge in [0, 0.05) is 18.2 Å². The van der Waals surface area contributed by atoms with Crippen molar-refractivity contribution in [3.63, 3.8) is 0 Å². The molecule has 0 unspecified atom stereocenters. The van der Waals surface area contributed by atoms with Gasteiger partial charge in [-0.1, -0.05) is 12.1 Å². The molecule has 0 aliphatic heterocycles. The molecule has 5 nitrogen and oxygen atoms in total. The number of nitrogens with one attached hydrogen (secondary N) is 1. The molecule has 3 aromatic rings. The molecule has 0 saturated heterocycles. The molecule has 0 amide bonds. The Hall–Kier alpha value is -2.43. The fraction of sp³-hybridized carbons (Fsp3) is 0.312. The highest BCUT2D eigenvalue weighted by molar-refractivity contribution is 5.53. The number of aryl methyl sites for hydroxylation is 4. The van der Waals surface area contributed by atoms with Gasteiger partial charge in [0.2, 0.25) is 11.8 Å². The predicted octanol–water partition coefficient (Wildman–Crippen LogP) is 3.17. The Bertz CT molecular complexity index is 720. The van der Waals surface area contributed by atoms with E-state index in [0.29, 0.717) is 11.8 Å². The minimum Gasteiger partial charge on any atom is -0.421 e. The third-order valence-electron chi connectivity index (χ3n) is 3.67. The molecule has 3 rings (SSSR count). The second kappa shape index (κ2) is 5.52. The smallest absolute Gasteiger partial charge is 0.247 e. The van der Waals surface area contributed by atoms with E-state index in [-0.39, 0.29) is 0 Å². The molecule has 108 valence electrons. The van der Waals surface area contributed by atoms with E-state index in [1.165, 1.54) is 11.1 Å². The first-order valence-corrected chi connectivity index (χ1v) is 7.03. The third kappa shape index (κ3) is 2.86. The zero-order valence-electron chi connectivity index (χ0n) is 12.5. The van der Waals surface area contributed by atoms with Crippen LogP contribution in [0.5, 0.6) is 0 Å². The quantitative estimate of drug-likeness (QED) is 0.798. The summed E-state index contributed by atoms with van der Waals surface area (Å²) in [6.07, 6.45) is 1.98. The van der Waals surface area contributed by atoms with Crippen LogP contribution in [-0.4, -0.2) is 20.4 Å². The van der Waals surface area contributed by atoms with Crippen LogP contribution < -0.4 is 0 Å². The molecule has 21 heavy (non-hydrogen) atoms. The first kappa shape index (κ1) is 13.5. The van der Waals surface area contributed by atoms with E-state index < -0.39 is 0 Å². The Morgan fingerprint density at radius 3 is 2.33 bits per heavy atom. The second-order valence-corrected chi connectivity index (χ2v) is 5.24. The molecule has 1 N–H and O–H groups in total. The van der Waals surface area contributed by atoms with Crippen LogP contribution in [0.2, 0.25) is 0 Å². The fourth-order valence-electron chi connectivity index (χ4n) is 2.44. The van der Waals surface area contributed by atoms with Gasteiger partial charge in [-0.2, -0.15) is 5.10 Å². The van der Waals surface area contributed by atoms with Crippen LogP contribution in [0.15, 0.2) is 28.7 Å². The van der Waals surface area contributed by atoms with E-state index in [0.717, 1.165) is 29.8 Å². The van der Waals surface area contributed by atoms with Crippen LogP contribution >= 0.6 is 0 Å². The van der Waals surface area contributed by atoms with Crippen molar-refractivity contribution in [3.05, 3.63) is 52.7 Å². The molecule has 2 aromatic heterocycles. The second-order valence-electron chi connectivity index (χ2n) is 5.24. The SMILES string of the molecule is Cc1nnc(-c2ccc(CCc3c(C)n[nH]c3C)cc2)o1. The van der Waals surface area contributed by atoms with Crippen molar-refractivity contribution in [1.29, 1.82) is 0 Å². The maximum Gasteiger partial charge on any atom is 0.247 e. The van der Waals surface area contributed by atoms with Gasteiger partial charge < -0.3 is 4.42 Å². The molecule has 1 aromatic carbocycles. The number of aromatic nitrogens is 4. The van der Waals surface area contributed by atoms with Crippen molar-refractivity contribution < 1.29 is 4.42 Å². The number of aromatic amines is 1. The summed E-state index contributed by atoms with van der Waals surface area (Å²) in [5.74, 6) is 1.15. The van der Waals surface area contributed by atoms with Crippen LogP contribution in [0.25, 0.3) is 11.5 Å². The Kier molecular flexibility index (Phi) is 3.56. The minimum atomic E-state index is 0.570. The van der Waals surface area contributed by atoms with Crippen molar-refractivity contribution in [1.82, 2.24) is 20.4 Å². The highest BCUT2D eigenvalue weighted by Gasteiger charge is 2.08. The number of hydrogen-bond donors (Lipinski definition) is 1. The molecular weight excluding hydrogens is 264 g/mol. The number of H-pyrrole nitrogens is 1. The highest BCUT2D eigenvalue weighted by Crippen LogP contribution is 2.19. The van der Waals surface area contributed by atoms with Gasteiger partial charge in [-0.15, -0.1) is 10.2 Å². The zero-order valence-corrected chi connectivity index (χ0v) is 12.5. The zero-order chi connectivity index (χ0) is 14.8. The molecule has 0 spiro atoms. The Balaban J connectivity index is 1.70. The van der Waals surface area contributed by atoms with Crippen LogP contribution in [0.4, 0.5) is 0 Å². The van der Waals surface area contributed by atoms with E-state index in [4.69, 9.17) is 4.42 Å². The monoisotopic (exact) mass is 282 g/mol. The van der Waals surface area contributed by atoms with E-state index in [1.807, 2.05) is 19.1 Å². The third-order valence-corrected chi connectivity index (χ3v) is 3.67. The number of hydrogen-bond acceptors (Lipinski definition) is 4. The summed E-state index contributed by atoms with van der Waals surface area (Å²) in [6.45, 7) is 5.90. The fourth-order valence-corrected chi connectivity index (χ4v) is 2.44. The summed E-state index contributed by atoms with van der Waals surface area (Å²) in [6, 6.07) is 8.27. The largest absolute Gasteiger partial charge is 0.421 e. The van der Waals surface area contributed by atoms with E-state index >= 15 is 0 Å². The van der Waals surface area contributed by atoms with Crippen molar-refractivity contribution >= 4 is 0 Å². The van der Waals surface area contributed by atoms with Crippen molar-refractivity contribution in [2.24, 2.45) is 0 Å². The van der Waals surface area contributed by atoms with Gasteiger partial charge in [-0.25, -0.2) is 0 Å². The van der Waals surface area contributed by atoms with Gasteiger partial charge in [0.1, 0.15) is 0 Å². The summed E-state index contributed by atoms with van der Waals surface area (Å²) in [5, 5.41) is 15.1. The van der Waals surface area contributed by atoms with Crippen molar-refractivity contribution in [2.75, 3.05) is 0 Å². The van der Waals surface area contributed by atoms with Crippen LogP contribution in [0.3, 0.4) is 0 Å². The van der Waals surface area contributed by atoms with Crippen molar-refractivity contribution in [2.45, 2.75) is 33.6 Å². The molecule has 2 heterocycles. The molecule has 0 bridgehead atoms. The molecule has 0 fully saturated rings. The van der Waals surface area contributed by atoms with Gasteiger partial charge in [0.25, 0.3) is 0 Å². The molecule has 0 radical (unpaired) electrons. The Labute approximate surface area is 123 Å². The number of benzene rings is 1. The molecule has 0 atom stereocenters. The number of nitrogens with zero attached hydrogens (tertiary/aromatic N) is 3. The standard InChI is InChI=1S/C16H18N4O/c1-10-15(11(2)18-17-10)9-6-13-4-7-14(8-5-13)16-20-19-12(3)21-16/h4-5,7-8H,6,9H2,1-3H3,(H,17,18). The predicted molar refractivity (Wildman–Crippen MR) is 79.9 cm³/mol. The lowest BCUT2D eigenvalue weighted by Gasteiger charge is -2.03. The highest BCUT2D eigenvalue weighted by atomic mass is 16.4. The van der Waals surface area contributed by atoms with E-state index in [9.17, 15) is 0 Å². The molecule has 5 heteroatoms. The lowest BCUT2D eigenvalue weighted by Crippen LogP contribution is -1.94. The maximum atomic E-state index is 5.43. The van der Waals surface area contributed by atoms with Gasteiger partial charge in [-0.3, -0.25) is 5.10 Å². The van der Waals surface area contributed by atoms with E-state index in [2.05, 4.69) is 39.5 Å². The first-order valence-electron chi connectivity index (χ1n) is 7.03. The van der Waals surface area contributed by atoms with Crippen LogP contribution in [0, 0.1) is 20.8 Å². The van der Waals surface area contributed by atoms with Crippen LogP contribution in [0.1, 0.15) is 28.4 Å². The van der Waals surface area contributed by atoms with Crippen LogP contribution in [-0.2, 0) is 12.8 Å². The summed E-state index contributed by atoms with van der Waals surface area (Å²) in [4.78, 5) is 0. The average Bonchev–Trinajstić information content (AvgIpc) is 3.05. The van der Waals surface area contributed by atoms with Gasteiger partial charge in [-0.05, 0) is 49.9 Å². The first-order chi connectivity index (χ1) is 10.1. The summed E-state index contributed by atoms with van der Waals surface area (Å²) >= 11 is 0. The van der Waals surface area contributed by atoms with Crippen molar-refractivity contribution in [3.8, 4) is 11.5 Å². The summed E-state index contributed by atoms with van der Waals surface area (Å²) in [7, 11) is 0. The molecule has 0 saturated carbocycles. The summed E-state index contributed by atoms with van der Waals surface area (Å²) < 4.78 is 5.43. The Morgan fingerprint density at radius 1 is 1.00 bits per heavy atom. The van der Waals surface area contributed by atoms with Gasteiger partial charge in [0.05, 0.1) is 5.69 Å². The Morgan fingerprint density at radius 2 is 1.76 bits per heavy atom. The molecule has 0 aliphatic rings.